The number of hydrogen-bond acceptors (Lipinski definition) is 8. The highest BCUT2D eigenvalue weighted by Gasteiger charge is 2.26. The van der Waals surface area contributed by atoms with E-state index in [9.17, 15) is 9.59 Å². The van der Waals surface area contributed by atoms with Crippen molar-refractivity contribution >= 4 is 31.2 Å². The predicted molar refractivity (Wildman–Crippen MR) is 147 cm³/mol. The molecule has 206 valence electrons. The summed E-state index contributed by atoms with van der Waals surface area (Å²) in [6, 6.07) is 7.40. The molecule has 38 heavy (non-hydrogen) atoms. The Bertz CT molecular complexity index is 1230. The number of nitrogens with zero attached hydrogens (tertiary/aromatic N) is 3. The van der Waals surface area contributed by atoms with Crippen LogP contribution in [0.3, 0.4) is 0 Å². The summed E-state index contributed by atoms with van der Waals surface area (Å²) in [5.41, 5.74) is 0.654. The first-order valence-electron chi connectivity index (χ1n) is 12.6. The van der Waals surface area contributed by atoms with E-state index in [-0.39, 0.29) is 6.42 Å². The number of carbonyl (C=O) groups is 2. The van der Waals surface area contributed by atoms with Crippen molar-refractivity contribution in [1.82, 2.24) is 19.9 Å². The zero-order valence-corrected chi connectivity index (χ0v) is 24.2. The predicted octanol–water partition coefficient (Wildman–Crippen LogP) is 5.14. The van der Waals surface area contributed by atoms with Crippen LogP contribution in [-0.2, 0) is 32.2 Å². The van der Waals surface area contributed by atoms with Gasteiger partial charge in [0.05, 0.1) is 18.7 Å². The van der Waals surface area contributed by atoms with Gasteiger partial charge in [-0.1, -0.05) is 19.6 Å². The molecule has 0 spiro atoms. The summed E-state index contributed by atoms with van der Waals surface area (Å²) in [6.07, 6.45) is 4.63. The molecular weight excluding hydrogens is 504 g/mol. The minimum absolute atomic E-state index is 0.131. The van der Waals surface area contributed by atoms with Gasteiger partial charge in [-0.3, -0.25) is 4.98 Å². The monoisotopic (exact) mass is 542 g/mol. The normalized spacial score (nSPS) is 12.7. The van der Waals surface area contributed by atoms with Crippen LogP contribution in [0.2, 0.25) is 25.7 Å². The van der Waals surface area contributed by atoms with Gasteiger partial charge < -0.3 is 28.8 Å². The number of nitrogens with one attached hydrogen (secondary N) is 1. The molecule has 11 heteroatoms. The Labute approximate surface area is 224 Å². The number of alkyl carbamates (subject to hydrolysis) is 1. The highest BCUT2D eigenvalue weighted by Crippen LogP contribution is 2.29. The molecule has 3 aromatic heterocycles. The number of rotatable bonds is 11. The standard InChI is InChI=1S/C27H38N4O6Si/c1-27(2,3)37-26(33)30-22(25(32)34-4)16-19-8-9-20(17-29-19)36-23-10-12-28-24-21(23)11-13-31(24)18-35-14-15-38(5,6)7/h8-13,17,22H,14-16,18H2,1-7H3,(H,30,33)/t22-/m0/s1. The van der Waals surface area contributed by atoms with E-state index in [1.54, 1.807) is 51.4 Å². The van der Waals surface area contributed by atoms with E-state index in [0.29, 0.717) is 23.9 Å². The quantitative estimate of drug-likeness (QED) is 0.201. The second-order valence-corrected chi connectivity index (χ2v) is 16.8. The second kappa shape index (κ2) is 12.4. The Morgan fingerprint density at radius 1 is 1.11 bits per heavy atom. The third-order valence-electron chi connectivity index (χ3n) is 5.46. The van der Waals surface area contributed by atoms with E-state index in [1.165, 1.54) is 7.11 Å². The summed E-state index contributed by atoms with van der Waals surface area (Å²) in [5, 5.41) is 3.41. The molecule has 0 aliphatic heterocycles. The van der Waals surface area contributed by atoms with Gasteiger partial charge in [-0.05, 0) is 51.1 Å². The lowest BCUT2D eigenvalue weighted by atomic mass is 10.1. The third-order valence-corrected chi connectivity index (χ3v) is 7.17. The first-order valence-corrected chi connectivity index (χ1v) is 16.3. The fourth-order valence-corrected chi connectivity index (χ4v) is 4.27. The minimum atomic E-state index is -1.15. The smallest absolute Gasteiger partial charge is 0.408 e. The van der Waals surface area contributed by atoms with Crippen LogP contribution in [-0.4, -0.2) is 60.0 Å². The fourth-order valence-electron chi connectivity index (χ4n) is 3.51. The topological polar surface area (TPSA) is 114 Å². The molecule has 3 heterocycles. The summed E-state index contributed by atoms with van der Waals surface area (Å²) >= 11 is 0. The van der Waals surface area contributed by atoms with Crippen molar-refractivity contribution < 1.29 is 28.5 Å². The van der Waals surface area contributed by atoms with Crippen molar-refractivity contribution in [1.29, 1.82) is 0 Å². The molecule has 3 rings (SSSR count). The maximum Gasteiger partial charge on any atom is 0.408 e. The molecule has 0 radical (unpaired) electrons. The first kappa shape index (κ1) is 29.1. The largest absolute Gasteiger partial charge is 0.467 e. The van der Waals surface area contributed by atoms with Crippen molar-refractivity contribution in [2.45, 2.75) is 71.3 Å². The van der Waals surface area contributed by atoms with E-state index in [4.69, 9.17) is 18.9 Å². The Kier molecular flexibility index (Phi) is 9.50. The maximum atomic E-state index is 12.2. The molecule has 1 amide bonds. The van der Waals surface area contributed by atoms with Gasteiger partial charge in [0.1, 0.15) is 35.5 Å². The lowest BCUT2D eigenvalue weighted by Crippen LogP contribution is -2.45. The molecule has 0 fully saturated rings. The Balaban J connectivity index is 1.65. The molecule has 0 saturated carbocycles. The second-order valence-electron chi connectivity index (χ2n) is 11.2. The van der Waals surface area contributed by atoms with Gasteiger partial charge in [-0.15, -0.1) is 0 Å². The van der Waals surface area contributed by atoms with Crippen LogP contribution >= 0.6 is 0 Å². The number of pyridine rings is 2. The lowest BCUT2D eigenvalue weighted by Gasteiger charge is -2.22. The van der Waals surface area contributed by atoms with Gasteiger partial charge in [-0.2, -0.15) is 0 Å². The molecule has 0 aromatic carbocycles. The van der Waals surface area contributed by atoms with Gasteiger partial charge in [0, 0.05) is 39.2 Å². The molecule has 0 saturated heterocycles. The molecule has 0 unspecified atom stereocenters. The molecular formula is C27H38N4O6Si. The van der Waals surface area contributed by atoms with Gasteiger partial charge in [0.25, 0.3) is 0 Å². The number of carbonyl (C=O) groups excluding carboxylic acids is 2. The van der Waals surface area contributed by atoms with Gasteiger partial charge in [-0.25, -0.2) is 14.6 Å². The summed E-state index contributed by atoms with van der Waals surface area (Å²) in [7, 11) is 0.117. The molecule has 0 aliphatic rings. The van der Waals surface area contributed by atoms with Crippen LogP contribution in [0, 0.1) is 0 Å². The molecule has 10 nitrogen and oxygen atoms in total. The van der Waals surface area contributed by atoms with E-state index in [0.717, 1.165) is 23.7 Å². The zero-order valence-electron chi connectivity index (χ0n) is 23.2. The SMILES string of the molecule is COC(=O)[C@H](Cc1ccc(Oc2ccnc3c2ccn3COCC[Si](C)(C)C)cn1)NC(=O)OC(C)(C)C. The number of aromatic nitrogens is 3. The van der Waals surface area contributed by atoms with Crippen molar-refractivity contribution in [3.8, 4) is 11.5 Å². The maximum absolute atomic E-state index is 12.2. The van der Waals surface area contributed by atoms with Crippen LogP contribution in [0.1, 0.15) is 26.5 Å². The highest BCUT2D eigenvalue weighted by molar-refractivity contribution is 6.76. The number of ether oxygens (including phenoxy) is 4. The summed E-state index contributed by atoms with van der Waals surface area (Å²) < 4.78 is 24.0. The summed E-state index contributed by atoms with van der Waals surface area (Å²) in [5.74, 6) is 0.575. The summed E-state index contributed by atoms with van der Waals surface area (Å²) in [4.78, 5) is 33.3. The average Bonchev–Trinajstić information content (AvgIpc) is 3.24. The number of hydrogen-bond donors (Lipinski definition) is 1. The van der Waals surface area contributed by atoms with E-state index in [1.807, 2.05) is 16.8 Å². The molecule has 3 aromatic rings. The summed E-state index contributed by atoms with van der Waals surface area (Å²) in [6.45, 7) is 13.4. The number of esters is 1. The fraction of sp³-hybridized carbons (Fsp3) is 0.481. The van der Waals surface area contributed by atoms with Crippen LogP contribution in [0.4, 0.5) is 4.79 Å². The van der Waals surface area contributed by atoms with Crippen LogP contribution < -0.4 is 10.1 Å². The van der Waals surface area contributed by atoms with Crippen molar-refractivity contribution in [2.75, 3.05) is 13.7 Å². The first-order chi connectivity index (χ1) is 17.8. The Hall–Kier alpha value is -3.44. The lowest BCUT2D eigenvalue weighted by molar-refractivity contribution is -0.143. The van der Waals surface area contributed by atoms with Crippen molar-refractivity contribution in [2.24, 2.45) is 0 Å². The zero-order chi connectivity index (χ0) is 27.9. The third kappa shape index (κ3) is 8.84. The van der Waals surface area contributed by atoms with E-state index < -0.39 is 31.8 Å². The van der Waals surface area contributed by atoms with Crippen molar-refractivity contribution in [3.05, 3.63) is 48.5 Å². The van der Waals surface area contributed by atoms with Crippen molar-refractivity contribution in [3.63, 3.8) is 0 Å². The van der Waals surface area contributed by atoms with Crippen LogP contribution in [0.5, 0.6) is 11.5 Å². The molecule has 0 bridgehead atoms. The number of fused-ring (bicyclic) bond motifs is 1. The highest BCUT2D eigenvalue weighted by atomic mass is 28.3. The Morgan fingerprint density at radius 3 is 2.50 bits per heavy atom. The van der Waals surface area contributed by atoms with Gasteiger partial charge in [0.2, 0.25) is 0 Å². The molecule has 1 atom stereocenters. The van der Waals surface area contributed by atoms with E-state index >= 15 is 0 Å². The number of methoxy groups -OCH3 is 1. The van der Waals surface area contributed by atoms with Gasteiger partial charge in [0.15, 0.2) is 0 Å². The molecule has 0 aliphatic carbocycles. The molecule has 1 N–H and O–H groups in total. The van der Waals surface area contributed by atoms with E-state index in [2.05, 4.69) is 34.9 Å². The van der Waals surface area contributed by atoms with Gasteiger partial charge >= 0.3 is 12.1 Å². The van der Waals surface area contributed by atoms with Crippen LogP contribution in [0.25, 0.3) is 11.0 Å². The average molecular weight is 543 g/mol. The minimum Gasteiger partial charge on any atom is -0.467 e. The number of amides is 1. The van der Waals surface area contributed by atoms with Crippen LogP contribution in [0.15, 0.2) is 42.9 Å². The Morgan fingerprint density at radius 2 is 1.87 bits per heavy atom.